The lowest BCUT2D eigenvalue weighted by Crippen LogP contribution is -2.28. The molecular formula is C13H19NO3. The third kappa shape index (κ3) is 3.20. The first-order valence-corrected chi connectivity index (χ1v) is 5.52. The number of methoxy groups -OCH3 is 1. The van der Waals surface area contributed by atoms with Crippen LogP contribution in [0.25, 0.3) is 0 Å². The molecule has 1 aromatic carbocycles. The lowest BCUT2D eigenvalue weighted by atomic mass is 10.0. The lowest BCUT2D eigenvalue weighted by molar-refractivity contribution is -0.120. The van der Waals surface area contributed by atoms with Gasteiger partial charge >= 0.3 is 0 Å². The van der Waals surface area contributed by atoms with Crippen molar-refractivity contribution < 1.29 is 14.6 Å². The first-order valence-electron chi connectivity index (χ1n) is 5.52. The monoisotopic (exact) mass is 237 g/mol. The number of hydrogen-bond donors (Lipinski definition) is 2. The quantitative estimate of drug-likeness (QED) is 0.834. The Kier molecular flexibility index (Phi) is 4.52. The number of aryl methyl sites for hydroxylation is 2. The molecule has 0 aliphatic rings. The molecule has 0 aliphatic heterocycles. The lowest BCUT2D eigenvalue weighted by Gasteiger charge is -2.18. The molecule has 17 heavy (non-hydrogen) atoms. The average Bonchev–Trinajstić information content (AvgIpc) is 2.25. The molecule has 0 spiro atoms. The van der Waals surface area contributed by atoms with E-state index in [-0.39, 0.29) is 18.6 Å². The van der Waals surface area contributed by atoms with Crippen molar-refractivity contribution in [2.45, 2.75) is 26.8 Å². The third-order valence-electron chi connectivity index (χ3n) is 2.65. The Labute approximate surface area is 102 Å². The largest absolute Gasteiger partial charge is 0.496 e. The number of hydrogen-bond acceptors (Lipinski definition) is 3. The number of aliphatic hydroxyl groups is 1. The van der Waals surface area contributed by atoms with Gasteiger partial charge in [-0.1, -0.05) is 12.1 Å². The standard InChI is InChI=1S/C13H19NO3/c1-8-5-11(6-9(2)13(8)17-4)12(7-15)14-10(3)16/h5-6,12,15H,7H2,1-4H3,(H,14,16). The van der Waals surface area contributed by atoms with Gasteiger partial charge in [0.05, 0.1) is 19.8 Å². The topological polar surface area (TPSA) is 58.6 Å². The number of benzene rings is 1. The zero-order valence-corrected chi connectivity index (χ0v) is 10.7. The van der Waals surface area contributed by atoms with Gasteiger partial charge in [0.25, 0.3) is 0 Å². The molecule has 94 valence electrons. The maximum atomic E-state index is 11.0. The van der Waals surface area contributed by atoms with Crippen molar-refractivity contribution in [3.05, 3.63) is 28.8 Å². The maximum Gasteiger partial charge on any atom is 0.217 e. The molecular weight excluding hydrogens is 218 g/mol. The molecule has 0 heterocycles. The van der Waals surface area contributed by atoms with Gasteiger partial charge in [-0.05, 0) is 30.5 Å². The Morgan fingerprint density at radius 3 is 2.29 bits per heavy atom. The zero-order valence-electron chi connectivity index (χ0n) is 10.7. The summed E-state index contributed by atoms with van der Waals surface area (Å²) >= 11 is 0. The highest BCUT2D eigenvalue weighted by Gasteiger charge is 2.14. The van der Waals surface area contributed by atoms with Crippen molar-refractivity contribution in [3.8, 4) is 5.75 Å². The Hall–Kier alpha value is -1.55. The second-order valence-corrected chi connectivity index (χ2v) is 4.12. The van der Waals surface area contributed by atoms with Crippen molar-refractivity contribution in [1.82, 2.24) is 5.32 Å². The summed E-state index contributed by atoms with van der Waals surface area (Å²) < 4.78 is 5.28. The minimum atomic E-state index is -0.365. The molecule has 2 N–H and O–H groups in total. The molecule has 0 bridgehead atoms. The fraction of sp³-hybridized carbons (Fsp3) is 0.462. The molecule has 4 nitrogen and oxygen atoms in total. The molecule has 0 saturated carbocycles. The van der Waals surface area contributed by atoms with E-state index in [1.807, 2.05) is 26.0 Å². The van der Waals surface area contributed by atoms with Crippen LogP contribution < -0.4 is 10.1 Å². The van der Waals surface area contributed by atoms with E-state index < -0.39 is 0 Å². The van der Waals surface area contributed by atoms with E-state index in [2.05, 4.69) is 5.32 Å². The summed E-state index contributed by atoms with van der Waals surface area (Å²) in [5.41, 5.74) is 2.87. The van der Waals surface area contributed by atoms with Crippen molar-refractivity contribution in [2.75, 3.05) is 13.7 Å². The van der Waals surface area contributed by atoms with Gasteiger partial charge < -0.3 is 15.2 Å². The minimum Gasteiger partial charge on any atom is -0.496 e. The summed E-state index contributed by atoms with van der Waals surface area (Å²) in [6, 6.07) is 3.47. The highest BCUT2D eigenvalue weighted by atomic mass is 16.5. The van der Waals surface area contributed by atoms with Gasteiger partial charge in [0.15, 0.2) is 0 Å². The minimum absolute atomic E-state index is 0.120. The summed E-state index contributed by atoms with van der Waals surface area (Å²) in [5.74, 6) is 0.684. The number of carbonyl (C=O) groups is 1. The van der Waals surface area contributed by atoms with Crippen LogP contribution in [0.3, 0.4) is 0 Å². The molecule has 4 heteroatoms. The summed E-state index contributed by atoms with van der Waals surface area (Å²) in [6.45, 7) is 5.20. The predicted octanol–water partition coefficient (Wildman–Crippen LogP) is 1.48. The normalized spacial score (nSPS) is 12.1. The first-order chi connectivity index (χ1) is 7.99. The molecule has 0 fully saturated rings. The highest BCUT2D eigenvalue weighted by Crippen LogP contribution is 2.27. The Morgan fingerprint density at radius 2 is 1.94 bits per heavy atom. The van der Waals surface area contributed by atoms with Crippen LogP contribution in [0.5, 0.6) is 5.75 Å². The molecule has 1 rings (SSSR count). The van der Waals surface area contributed by atoms with Gasteiger partial charge in [-0.25, -0.2) is 0 Å². The molecule has 0 aliphatic carbocycles. The zero-order chi connectivity index (χ0) is 13.0. The third-order valence-corrected chi connectivity index (χ3v) is 2.65. The number of carbonyl (C=O) groups excluding carboxylic acids is 1. The second kappa shape index (κ2) is 5.68. The summed E-state index contributed by atoms with van der Waals surface area (Å²) in [5, 5.41) is 12.0. The van der Waals surface area contributed by atoms with Gasteiger partial charge in [0.2, 0.25) is 5.91 Å². The molecule has 0 saturated heterocycles. The van der Waals surface area contributed by atoms with E-state index in [1.165, 1.54) is 6.92 Å². The molecule has 1 amide bonds. The van der Waals surface area contributed by atoms with Crippen LogP contribution in [-0.4, -0.2) is 24.7 Å². The fourth-order valence-corrected chi connectivity index (χ4v) is 1.99. The molecule has 0 radical (unpaired) electrons. The van der Waals surface area contributed by atoms with Crippen LogP contribution >= 0.6 is 0 Å². The van der Waals surface area contributed by atoms with Gasteiger partial charge in [0.1, 0.15) is 5.75 Å². The van der Waals surface area contributed by atoms with Crippen LogP contribution in [-0.2, 0) is 4.79 Å². The molecule has 0 aromatic heterocycles. The van der Waals surface area contributed by atoms with Gasteiger partial charge in [-0.15, -0.1) is 0 Å². The Bertz CT molecular complexity index is 392. The van der Waals surface area contributed by atoms with Crippen LogP contribution in [0, 0.1) is 13.8 Å². The highest BCUT2D eigenvalue weighted by molar-refractivity contribution is 5.73. The number of rotatable bonds is 4. The number of nitrogens with one attached hydrogen (secondary N) is 1. The van der Waals surface area contributed by atoms with Crippen LogP contribution in [0.2, 0.25) is 0 Å². The van der Waals surface area contributed by atoms with E-state index in [9.17, 15) is 9.90 Å². The maximum absolute atomic E-state index is 11.0. The van der Waals surface area contributed by atoms with E-state index >= 15 is 0 Å². The van der Waals surface area contributed by atoms with E-state index in [0.29, 0.717) is 0 Å². The van der Waals surface area contributed by atoms with Crippen molar-refractivity contribution in [3.63, 3.8) is 0 Å². The molecule has 1 atom stereocenters. The van der Waals surface area contributed by atoms with Crippen LogP contribution in [0.1, 0.15) is 29.7 Å². The summed E-state index contributed by atoms with van der Waals surface area (Å²) in [7, 11) is 1.63. The van der Waals surface area contributed by atoms with Gasteiger partial charge in [-0.2, -0.15) is 0 Å². The van der Waals surface area contributed by atoms with Crippen molar-refractivity contribution >= 4 is 5.91 Å². The SMILES string of the molecule is COc1c(C)cc(C(CO)NC(C)=O)cc1C. The van der Waals surface area contributed by atoms with Crippen LogP contribution in [0.4, 0.5) is 0 Å². The smallest absolute Gasteiger partial charge is 0.217 e. The fourth-order valence-electron chi connectivity index (χ4n) is 1.99. The molecule has 1 unspecified atom stereocenters. The van der Waals surface area contributed by atoms with E-state index in [0.717, 1.165) is 22.4 Å². The number of ether oxygens (including phenoxy) is 1. The number of amides is 1. The average molecular weight is 237 g/mol. The van der Waals surface area contributed by atoms with Crippen LogP contribution in [0.15, 0.2) is 12.1 Å². The van der Waals surface area contributed by atoms with Gasteiger partial charge in [0, 0.05) is 6.92 Å². The summed E-state index contributed by atoms with van der Waals surface area (Å²) in [6.07, 6.45) is 0. The van der Waals surface area contributed by atoms with Gasteiger partial charge in [-0.3, -0.25) is 4.79 Å². The second-order valence-electron chi connectivity index (χ2n) is 4.12. The molecule has 1 aromatic rings. The Balaban J connectivity index is 3.09. The van der Waals surface area contributed by atoms with E-state index in [1.54, 1.807) is 7.11 Å². The summed E-state index contributed by atoms with van der Waals surface area (Å²) in [4.78, 5) is 11.0. The van der Waals surface area contributed by atoms with Crippen molar-refractivity contribution in [2.24, 2.45) is 0 Å². The first kappa shape index (κ1) is 13.5. The Morgan fingerprint density at radius 1 is 1.41 bits per heavy atom. The number of aliphatic hydroxyl groups excluding tert-OH is 1. The predicted molar refractivity (Wildman–Crippen MR) is 66.1 cm³/mol. The van der Waals surface area contributed by atoms with Crippen molar-refractivity contribution in [1.29, 1.82) is 0 Å². The van der Waals surface area contributed by atoms with E-state index in [4.69, 9.17) is 4.74 Å².